The van der Waals surface area contributed by atoms with Crippen LogP contribution in [-0.2, 0) is 5.60 Å². The number of nitrogen functional groups attached to an aromatic ring is 1. The standard InChI is InChI=1S/C17H18N2O2/c1-12-3-2-4-14(9-12)17(21)10-19(11-17)16(20)13-5-7-15(18)8-6-13/h2-9,21H,10-11,18H2,1H3. The normalized spacial score (nSPS) is 16.4. The number of hydrogen-bond donors (Lipinski definition) is 2. The SMILES string of the molecule is Cc1cccc(C2(O)CN(C(=O)c3ccc(N)cc3)C2)c1. The second-order valence-electron chi connectivity index (χ2n) is 5.68. The fraction of sp³-hybridized carbons (Fsp3) is 0.235. The van der Waals surface area contributed by atoms with Crippen LogP contribution < -0.4 is 5.73 Å². The van der Waals surface area contributed by atoms with E-state index in [0.717, 1.165) is 11.1 Å². The number of carbonyl (C=O) groups excluding carboxylic acids is 1. The molecule has 1 aliphatic rings. The van der Waals surface area contributed by atoms with E-state index >= 15 is 0 Å². The Morgan fingerprint density at radius 2 is 1.86 bits per heavy atom. The number of carbonyl (C=O) groups is 1. The second kappa shape index (κ2) is 4.90. The zero-order valence-electron chi connectivity index (χ0n) is 11.9. The Morgan fingerprint density at radius 3 is 2.48 bits per heavy atom. The molecule has 1 amide bonds. The van der Waals surface area contributed by atoms with Gasteiger partial charge in [-0.05, 0) is 36.8 Å². The lowest BCUT2D eigenvalue weighted by Gasteiger charge is -2.46. The third-order valence-corrected chi connectivity index (χ3v) is 3.91. The number of rotatable bonds is 2. The molecule has 2 aromatic carbocycles. The molecule has 0 bridgehead atoms. The molecule has 0 aromatic heterocycles. The predicted octanol–water partition coefficient (Wildman–Crippen LogP) is 1.92. The first kappa shape index (κ1) is 13.6. The van der Waals surface area contributed by atoms with Gasteiger partial charge in [0.05, 0.1) is 13.1 Å². The van der Waals surface area contributed by atoms with Gasteiger partial charge in [-0.15, -0.1) is 0 Å². The lowest BCUT2D eigenvalue weighted by Crippen LogP contribution is -2.61. The topological polar surface area (TPSA) is 66.6 Å². The molecule has 108 valence electrons. The third-order valence-electron chi connectivity index (χ3n) is 3.91. The fourth-order valence-electron chi connectivity index (χ4n) is 2.65. The first-order valence-corrected chi connectivity index (χ1v) is 6.92. The highest BCUT2D eigenvalue weighted by Gasteiger charge is 2.45. The van der Waals surface area contributed by atoms with Crippen LogP contribution in [-0.4, -0.2) is 29.0 Å². The Morgan fingerprint density at radius 1 is 1.19 bits per heavy atom. The molecule has 0 atom stereocenters. The molecule has 21 heavy (non-hydrogen) atoms. The van der Waals surface area contributed by atoms with Crippen molar-refractivity contribution in [3.05, 3.63) is 65.2 Å². The van der Waals surface area contributed by atoms with Crippen molar-refractivity contribution in [1.82, 2.24) is 4.90 Å². The quantitative estimate of drug-likeness (QED) is 0.827. The first-order chi connectivity index (χ1) is 9.98. The second-order valence-corrected chi connectivity index (χ2v) is 5.68. The maximum Gasteiger partial charge on any atom is 0.254 e. The zero-order valence-corrected chi connectivity index (χ0v) is 11.9. The molecule has 2 aromatic rings. The van der Waals surface area contributed by atoms with Crippen LogP contribution >= 0.6 is 0 Å². The van der Waals surface area contributed by atoms with E-state index in [-0.39, 0.29) is 5.91 Å². The van der Waals surface area contributed by atoms with Gasteiger partial charge in [0.1, 0.15) is 5.60 Å². The summed E-state index contributed by atoms with van der Waals surface area (Å²) in [5.74, 6) is -0.0765. The van der Waals surface area contributed by atoms with Gasteiger partial charge in [-0.2, -0.15) is 0 Å². The van der Waals surface area contributed by atoms with Crippen molar-refractivity contribution >= 4 is 11.6 Å². The van der Waals surface area contributed by atoms with Crippen molar-refractivity contribution in [2.75, 3.05) is 18.8 Å². The Kier molecular flexibility index (Phi) is 3.18. The Bertz CT molecular complexity index is 673. The first-order valence-electron chi connectivity index (χ1n) is 6.92. The van der Waals surface area contributed by atoms with Crippen molar-refractivity contribution in [2.45, 2.75) is 12.5 Å². The van der Waals surface area contributed by atoms with Gasteiger partial charge < -0.3 is 15.7 Å². The van der Waals surface area contributed by atoms with Crippen molar-refractivity contribution in [3.63, 3.8) is 0 Å². The van der Waals surface area contributed by atoms with Gasteiger partial charge in [-0.3, -0.25) is 4.79 Å². The molecule has 1 heterocycles. The van der Waals surface area contributed by atoms with Crippen LogP contribution in [0.1, 0.15) is 21.5 Å². The number of aliphatic hydroxyl groups is 1. The number of nitrogens with zero attached hydrogens (tertiary/aromatic N) is 1. The summed E-state index contributed by atoms with van der Waals surface area (Å²) in [7, 11) is 0. The predicted molar refractivity (Wildman–Crippen MR) is 81.8 cm³/mol. The number of hydrogen-bond acceptors (Lipinski definition) is 3. The van der Waals surface area contributed by atoms with Crippen molar-refractivity contribution < 1.29 is 9.90 Å². The minimum atomic E-state index is -0.935. The summed E-state index contributed by atoms with van der Waals surface area (Å²) in [6.45, 7) is 2.63. The van der Waals surface area contributed by atoms with Gasteiger partial charge in [-0.25, -0.2) is 0 Å². The summed E-state index contributed by atoms with van der Waals surface area (Å²) in [6.07, 6.45) is 0. The van der Waals surface area contributed by atoms with E-state index < -0.39 is 5.60 Å². The highest BCUT2D eigenvalue weighted by Crippen LogP contribution is 2.33. The van der Waals surface area contributed by atoms with Crippen LogP contribution in [0.15, 0.2) is 48.5 Å². The average molecular weight is 282 g/mol. The summed E-state index contributed by atoms with van der Waals surface area (Å²) >= 11 is 0. The highest BCUT2D eigenvalue weighted by atomic mass is 16.3. The number of anilines is 1. The van der Waals surface area contributed by atoms with Crippen LogP contribution in [0, 0.1) is 6.92 Å². The summed E-state index contributed by atoms with van der Waals surface area (Å²) in [5.41, 5.74) is 7.87. The Hall–Kier alpha value is -2.33. The summed E-state index contributed by atoms with van der Waals surface area (Å²) in [4.78, 5) is 13.9. The number of likely N-dealkylation sites (tertiary alicyclic amines) is 1. The van der Waals surface area contributed by atoms with E-state index in [0.29, 0.717) is 24.3 Å². The molecule has 0 saturated carbocycles. The monoisotopic (exact) mass is 282 g/mol. The fourth-order valence-corrected chi connectivity index (χ4v) is 2.65. The number of nitrogens with two attached hydrogens (primary N) is 1. The smallest absolute Gasteiger partial charge is 0.254 e. The lowest BCUT2D eigenvalue weighted by atomic mass is 9.85. The summed E-state index contributed by atoms with van der Waals surface area (Å²) < 4.78 is 0. The maximum absolute atomic E-state index is 12.3. The Labute approximate surface area is 123 Å². The van der Waals surface area contributed by atoms with Gasteiger partial charge in [0.25, 0.3) is 5.91 Å². The molecule has 4 nitrogen and oxygen atoms in total. The summed E-state index contributed by atoms with van der Waals surface area (Å²) in [6, 6.07) is 14.6. The number of benzene rings is 2. The highest BCUT2D eigenvalue weighted by molar-refractivity contribution is 5.95. The molecule has 1 saturated heterocycles. The van der Waals surface area contributed by atoms with E-state index in [1.807, 2.05) is 31.2 Å². The molecule has 0 spiro atoms. The van der Waals surface area contributed by atoms with E-state index in [1.165, 1.54) is 0 Å². The molecular weight excluding hydrogens is 264 g/mol. The molecule has 4 heteroatoms. The van der Waals surface area contributed by atoms with Gasteiger partial charge in [0, 0.05) is 11.3 Å². The van der Waals surface area contributed by atoms with E-state index in [1.54, 1.807) is 29.2 Å². The van der Waals surface area contributed by atoms with E-state index in [9.17, 15) is 9.90 Å². The van der Waals surface area contributed by atoms with Crippen molar-refractivity contribution in [2.24, 2.45) is 0 Å². The van der Waals surface area contributed by atoms with E-state index in [2.05, 4.69) is 0 Å². The van der Waals surface area contributed by atoms with E-state index in [4.69, 9.17) is 5.73 Å². The van der Waals surface area contributed by atoms with Gasteiger partial charge in [0.2, 0.25) is 0 Å². The molecule has 0 aliphatic carbocycles. The van der Waals surface area contributed by atoms with Gasteiger partial charge in [0.15, 0.2) is 0 Å². The van der Waals surface area contributed by atoms with Gasteiger partial charge in [-0.1, -0.05) is 29.8 Å². The average Bonchev–Trinajstić information content (AvgIpc) is 2.44. The minimum absolute atomic E-state index is 0.0765. The molecular formula is C17H18N2O2. The van der Waals surface area contributed by atoms with Crippen LogP contribution in [0.3, 0.4) is 0 Å². The van der Waals surface area contributed by atoms with Crippen molar-refractivity contribution in [3.8, 4) is 0 Å². The number of β-amino-alcohol motifs (C(OH)–C–C–N with tert-alkyl or cyclic N) is 1. The molecule has 0 radical (unpaired) electrons. The molecule has 3 rings (SSSR count). The molecule has 3 N–H and O–H groups in total. The lowest BCUT2D eigenvalue weighted by molar-refractivity contribution is -0.0863. The zero-order chi connectivity index (χ0) is 15.0. The Balaban J connectivity index is 1.72. The van der Waals surface area contributed by atoms with Gasteiger partial charge >= 0.3 is 0 Å². The number of amides is 1. The van der Waals surface area contributed by atoms with Crippen LogP contribution in [0.5, 0.6) is 0 Å². The number of aryl methyl sites for hydroxylation is 1. The maximum atomic E-state index is 12.3. The molecule has 1 aliphatic heterocycles. The van der Waals surface area contributed by atoms with Crippen molar-refractivity contribution in [1.29, 1.82) is 0 Å². The summed E-state index contributed by atoms with van der Waals surface area (Å²) in [5, 5.41) is 10.6. The third kappa shape index (κ3) is 2.50. The van der Waals surface area contributed by atoms with Crippen LogP contribution in [0.4, 0.5) is 5.69 Å². The van der Waals surface area contributed by atoms with Crippen LogP contribution in [0.25, 0.3) is 0 Å². The largest absolute Gasteiger partial charge is 0.399 e. The minimum Gasteiger partial charge on any atom is -0.399 e. The van der Waals surface area contributed by atoms with Crippen LogP contribution in [0.2, 0.25) is 0 Å². The molecule has 0 unspecified atom stereocenters. The molecule has 1 fully saturated rings.